The van der Waals surface area contributed by atoms with Gasteiger partial charge in [-0.1, -0.05) is 12.1 Å². The van der Waals surface area contributed by atoms with E-state index in [1.54, 1.807) is 7.11 Å². The van der Waals surface area contributed by atoms with Crippen LogP contribution in [-0.2, 0) is 22.6 Å². The van der Waals surface area contributed by atoms with Crippen LogP contribution in [0.25, 0.3) is 10.9 Å². The van der Waals surface area contributed by atoms with Crippen molar-refractivity contribution in [3.05, 3.63) is 65.4 Å². The number of carbonyl (C=O) groups is 2. The van der Waals surface area contributed by atoms with Gasteiger partial charge < -0.3 is 19.9 Å². The van der Waals surface area contributed by atoms with Crippen LogP contribution in [0.2, 0.25) is 0 Å². The molecule has 8 heteroatoms. The number of nitrogens with zero attached hydrogens (tertiary/aromatic N) is 1. The molecule has 1 aliphatic heterocycles. The minimum Gasteiger partial charge on any atom is -0.497 e. The van der Waals surface area contributed by atoms with Gasteiger partial charge in [0.05, 0.1) is 7.11 Å². The van der Waals surface area contributed by atoms with Crippen molar-refractivity contribution >= 4 is 22.7 Å². The lowest BCUT2D eigenvalue weighted by molar-refractivity contribution is -0.130. The molecule has 2 N–H and O–H groups in total. The highest BCUT2D eigenvalue weighted by molar-refractivity contribution is 5.85. The molecule has 1 fully saturated rings. The molecule has 168 valence electrons. The van der Waals surface area contributed by atoms with Gasteiger partial charge in [-0.2, -0.15) is 0 Å². The van der Waals surface area contributed by atoms with E-state index in [0.29, 0.717) is 25.8 Å². The molecule has 0 saturated carbocycles. The van der Waals surface area contributed by atoms with Crippen LogP contribution < -0.4 is 10.1 Å². The van der Waals surface area contributed by atoms with Crippen LogP contribution >= 0.6 is 0 Å². The third kappa shape index (κ3) is 4.59. The number of benzene rings is 2. The number of halogens is 2. The second kappa shape index (κ2) is 9.38. The first-order valence-corrected chi connectivity index (χ1v) is 10.6. The number of methoxy groups -OCH3 is 1. The standard InChI is InChI=1S/C24H25F2N3O3/c1-32-18-6-7-21-19(12-18)15(13-28-21)9-10-27-22(30)11-17-5-8-23(31)29(17)14-16-3-2-4-20(25)24(16)26/h2-4,6-7,12-13,17,28H,5,8-11,14H2,1H3,(H,27,30). The number of fused-ring (bicyclic) bond motifs is 1. The normalized spacial score (nSPS) is 16.0. The van der Waals surface area contributed by atoms with Crippen molar-refractivity contribution in [3.63, 3.8) is 0 Å². The zero-order valence-corrected chi connectivity index (χ0v) is 17.8. The summed E-state index contributed by atoms with van der Waals surface area (Å²) in [6, 6.07) is 9.37. The molecule has 1 saturated heterocycles. The summed E-state index contributed by atoms with van der Waals surface area (Å²) in [5.41, 5.74) is 2.18. The molecule has 1 unspecified atom stereocenters. The number of hydrogen-bond acceptors (Lipinski definition) is 3. The average Bonchev–Trinajstić information content (AvgIpc) is 3.34. The van der Waals surface area contributed by atoms with Crippen LogP contribution in [0.1, 0.15) is 30.4 Å². The summed E-state index contributed by atoms with van der Waals surface area (Å²) in [6.07, 6.45) is 3.50. The number of aromatic nitrogens is 1. The third-order valence-electron chi connectivity index (χ3n) is 5.94. The number of carbonyl (C=O) groups excluding carboxylic acids is 2. The Kier molecular flexibility index (Phi) is 6.39. The summed E-state index contributed by atoms with van der Waals surface area (Å²) >= 11 is 0. The Balaban J connectivity index is 1.33. The van der Waals surface area contributed by atoms with Gasteiger partial charge >= 0.3 is 0 Å². The number of aromatic amines is 1. The lowest BCUT2D eigenvalue weighted by atomic mass is 10.1. The monoisotopic (exact) mass is 441 g/mol. The average molecular weight is 441 g/mol. The fraction of sp³-hybridized carbons (Fsp3) is 0.333. The van der Waals surface area contributed by atoms with Crippen LogP contribution in [0.5, 0.6) is 5.75 Å². The molecular formula is C24H25F2N3O3. The second-order valence-corrected chi connectivity index (χ2v) is 7.96. The molecule has 3 aromatic rings. The maximum absolute atomic E-state index is 14.0. The summed E-state index contributed by atoms with van der Waals surface area (Å²) in [6.45, 7) is 0.403. The summed E-state index contributed by atoms with van der Waals surface area (Å²) in [5.74, 6) is -1.46. The van der Waals surface area contributed by atoms with E-state index in [1.807, 2.05) is 24.4 Å². The summed E-state index contributed by atoms with van der Waals surface area (Å²) < 4.78 is 32.8. The van der Waals surface area contributed by atoms with E-state index in [2.05, 4.69) is 10.3 Å². The molecule has 0 bridgehead atoms. The van der Waals surface area contributed by atoms with Crippen molar-refractivity contribution < 1.29 is 23.1 Å². The maximum atomic E-state index is 14.0. The first-order valence-electron chi connectivity index (χ1n) is 10.6. The molecular weight excluding hydrogens is 416 g/mol. The van der Waals surface area contributed by atoms with Crippen molar-refractivity contribution in [3.8, 4) is 5.75 Å². The summed E-state index contributed by atoms with van der Waals surface area (Å²) in [7, 11) is 1.62. The first-order chi connectivity index (χ1) is 15.5. The number of nitrogens with one attached hydrogen (secondary N) is 2. The van der Waals surface area contributed by atoms with E-state index in [-0.39, 0.29) is 36.4 Å². The molecule has 2 aromatic carbocycles. The van der Waals surface area contributed by atoms with E-state index in [0.717, 1.165) is 28.3 Å². The van der Waals surface area contributed by atoms with E-state index < -0.39 is 11.6 Å². The molecule has 1 aliphatic rings. The van der Waals surface area contributed by atoms with Crippen molar-refractivity contribution in [2.24, 2.45) is 0 Å². The van der Waals surface area contributed by atoms with Gasteiger partial charge in [-0.25, -0.2) is 8.78 Å². The fourth-order valence-electron chi connectivity index (χ4n) is 4.19. The topological polar surface area (TPSA) is 74.4 Å². The highest BCUT2D eigenvalue weighted by atomic mass is 19.2. The van der Waals surface area contributed by atoms with Crippen molar-refractivity contribution in [2.45, 2.75) is 38.3 Å². The van der Waals surface area contributed by atoms with Crippen LogP contribution in [0.4, 0.5) is 8.78 Å². The smallest absolute Gasteiger partial charge is 0.223 e. The molecule has 0 aliphatic carbocycles. The largest absolute Gasteiger partial charge is 0.497 e. The zero-order valence-electron chi connectivity index (χ0n) is 17.8. The Labute approximate surface area is 184 Å². The molecule has 2 amide bonds. The third-order valence-corrected chi connectivity index (χ3v) is 5.94. The van der Waals surface area contributed by atoms with Gasteiger partial charge in [-0.05, 0) is 42.7 Å². The second-order valence-electron chi connectivity index (χ2n) is 7.96. The van der Waals surface area contributed by atoms with Crippen LogP contribution in [0.15, 0.2) is 42.6 Å². The van der Waals surface area contributed by atoms with E-state index >= 15 is 0 Å². The summed E-state index contributed by atoms with van der Waals surface area (Å²) in [4.78, 5) is 29.5. The van der Waals surface area contributed by atoms with Gasteiger partial charge in [-0.15, -0.1) is 0 Å². The summed E-state index contributed by atoms with van der Waals surface area (Å²) in [5, 5.41) is 3.95. The predicted octanol–water partition coefficient (Wildman–Crippen LogP) is 3.69. The Bertz CT molecular complexity index is 1140. The first kappa shape index (κ1) is 21.8. The molecule has 32 heavy (non-hydrogen) atoms. The Hall–Kier alpha value is -3.42. The van der Waals surface area contributed by atoms with Crippen LogP contribution in [-0.4, -0.2) is 41.4 Å². The number of rotatable bonds is 8. The molecule has 6 nitrogen and oxygen atoms in total. The van der Waals surface area contributed by atoms with E-state index in [9.17, 15) is 18.4 Å². The Morgan fingerprint density at radius 1 is 1.25 bits per heavy atom. The number of likely N-dealkylation sites (tertiary alicyclic amines) is 1. The van der Waals surface area contributed by atoms with Gasteiger partial charge in [0, 0.05) is 54.6 Å². The van der Waals surface area contributed by atoms with Crippen molar-refractivity contribution in [1.82, 2.24) is 15.2 Å². The highest BCUT2D eigenvalue weighted by Gasteiger charge is 2.33. The van der Waals surface area contributed by atoms with Crippen LogP contribution in [0, 0.1) is 11.6 Å². The van der Waals surface area contributed by atoms with E-state index in [4.69, 9.17) is 4.74 Å². The lowest BCUT2D eigenvalue weighted by Crippen LogP contribution is -2.37. The molecule has 2 heterocycles. The number of amides is 2. The molecule has 1 atom stereocenters. The minimum absolute atomic E-state index is 0.0441. The molecule has 1 aromatic heterocycles. The highest BCUT2D eigenvalue weighted by Crippen LogP contribution is 2.26. The lowest BCUT2D eigenvalue weighted by Gasteiger charge is -2.25. The number of H-pyrrole nitrogens is 1. The Morgan fingerprint density at radius 3 is 2.91 bits per heavy atom. The van der Waals surface area contributed by atoms with Crippen molar-refractivity contribution in [1.29, 1.82) is 0 Å². The maximum Gasteiger partial charge on any atom is 0.223 e. The van der Waals surface area contributed by atoms with Gasteiger partial charge in [-0.3, -0.25) is 9.59 Å². The van der Waals surface area contributed by atoms with Gasteiger partial charge in [0.25, 0.3) is 0 Å². The minimum atomic E-state index is -0.953. The van der Waals surface area contributed by atoms with Gasteiger partial charge in [0.1, 0.15) is 5.75 Å². The van der Waals surface area contributed by atoms with Crippen molar-refractivity contribution in [2.75, 3.05) is 13.7 Å². The van der Waals surface area contributed by atoms with E-state index in [1.165, 1.54) is 17.0 Å². The predicted molar refractivity (Wildman–Crippen MR) is 116 cm³/mol. The molecule has 0 spiro atoms. The fourth-order valence-corrected chi connectivity index (χ4v) is 4.19. The number of ether oxygens (including phenoxy) is 1. The SMILES string of the molecule is COc1ccc2[nH]cc(CCNC(=O)CC3CCC(=O)N3Cc3cccc(F)c3F)c2c1. The Morgan fingerprint density at radius 2 is 2.09 bits per heavy atom. The molecule has 4 rings (SSSR count). The van der Waals surface area contributed by atoms with Crippen LogP contribution in [0.3, 0.4) is 0 Å². The zero-order chi connectivity index (χ0) is 22.7. The molecule has 0 radical (unpaired) electrons. The van der Waals surface area contributed by atoms with Gasteiger partial charge in [0.15, 0.2) is 11.6 Å². The van der Waals surface area contributed by atoms with Gasteiger partial charge in [0.2, 0.25) is 11.8 Å². The quantitative estimate of drug-likeness (QED) is 0.560. The number of hydrogen-bond donors (Lipinski definition) is 2.